The fraction of sp³-hybridized carbons (Fsp3) is 0.615. The predicted molar refractivity (Wildman–Crippen MR) is 133 cm³/mol. The lowest BCUT2D eigenvalue weighted by molar-refractivity contribution is -0.139. The van der Waals surface area contributed by atoms with Gasteiger partial charge in [-0.2, -0.15) is 11.8 Å². The first-order valence-electron chi connectivity index (χ1n) is 12.3. The van der Waals surface area contributed by atoms with Crippen LogP contribution in [0.25, 0.3) is 10.9 Å². The second-order valence-corrected chi connectivity index (χ2v) is 11.0. The number of benzene rings is 1. The lowest BCUT2D eigenvalue weighted by atomic mass is 9.79. The standard InChI is InChI=1S/C26H35FN2O4S/c1-33-19-6-7-23-21(14-19)26(22(27)15-28-23)24(30)8-5-17-9-10-29(16-18(17)13-25(31)32)11-12-34-20-3-2-4-20/h6-7,14-15,17-18,20,24,30H,2-5,8-13,16H2,1H3,(H,31,32). The Morgan fingerprint density at radius 1 is 1.32 bits per heavy atom. The second kappa shape index (κ2) is 11.7. The molecule has 6 nitrogen and oxygen atoms in total. The van der Waals surface area contributed by atoms with E-state index in [2.05, 4.69) is 9.88 Å². The summed E-state index contributed by atoms with van der Waals surface area (Å²) in [6.07, 6.45) is 6.27. The number of fused-ring (bicyclic) bond motifs is 1. The van der Waals surface area contributed by atoms with Gasteiger partial charge in [-0.3, -0.25) is 9.78 Å². The molecule has 1 aromatic heterocycles. The van der Waals surface area contributed by atoms with E-state index in [1.54, 1.807) is 25.3 Å². The lowest BCUT2D eigenvalue weighted by Gasteiger charge is -2.39. The second-order valence-electron chi connectivity index (χ2n) is 9.63. The van der Waals surface area contributed by atoms with Crippen molar-refractivity contribution < 1.29 is 24.1 Å². The first kappa shape index (κ1) is 25.2. The van der Waals surface area contributed by atoms with Crippen LogP contribution in [0.4, 0.5) is 4.39 Å². The van der Waals surface area contributed by atoms with Crippen LogP contribution in [-0.2, 0) is 4.79 Å². The molecule has 8 heteroatoms. The molecule has 34 heavy (non-hydrogen) atoms. The number of nitrogens with zero attached hydrogens (tertiary/aromatic N) is 2. The molecule has 1 aliphatic heterocycles. The van der Waals surface area contributed by atoms with Crippen molar-refractivity contribution in [3.63, 3.8) is 0 Å². The fourth-order valence-corrected chi connectivity index (χ4v) is 6.59. The highest BCUT2D eigenvalue weighted by Crippen LogP contribution is 2.36. The summed E-state index contributed by atoms with van der Waals surface area (Å²) in [6.45, 7) is 2.73. The summed E-state index contributed by atoms with van der Waals surface area (Å²) < 4.78 is 20.0. The van der Waals surface area contributed by atoms with Crippen LogP contribution in [-0.4, -0.2) is 63.8 Å². The molecule has 0 bridgehead atoms. The molecule has 186 valence electrons. The minimum atomic E-state index is -0.986. The van der Waals surface area contributed by atoms with Crippen LogP contribution < -0.4 is 4.74 Å². The highest BCUT2D eigenvalue weighted by Gasteiger charge is 2.32. The van der Waals surface area contributed by atoms with E-state index in [9.17, 15) is 19.4 Å². The maximum absolute atomic E-state index is 14.7. The highest BCUT2D eigenvalue weighted by molar-refractivity contribution is 7.99. The van der Waals surface area contributed by atoms with Crippen LogP contribution in [0.15, 0.2) is 24.4 Å². The van der Waals surface area contributed by atoms with Gasteiger partial charge in [0.2, 0.25) is 0 Å². The van der Waals surface area contributed by atoms with Crippen LogP contribution >= 0.6 is 11.8 Å². The number of hydrogen-bond acceptors (Lipinski definition) is 6. The number of aliphatic hydroxyl groups is 1. The number of pyridine rings is 1. The molecule has 2 heterocycles. The summed E-state index contributed by atoms with van der Waals surface area (Å²) in [5.41, 5.74) is 0.845. The van der Waals surface area contributed by atoms with Gasteiger partial charge >= 0.3 is 5.97 Å². The molecule has 3 unspecified atom stereocenters. The number of ether oxygens (including phenoxy) is 1. The number of thioether (sulfide) groups is 1. The summed E-state index contributed by atoms with van der Waals surface area (Å²) in [4.78, 5) is 18.1. The number of carboxylic acid groups (broad SMARTS) is 1. The van der Waals surface area contributed by atoms with Crippen LogP contribution in [0.2, 0.25) is 0 Å². The van der Waals surface area contributed by atoms with Crippen LogP contribution in [0, 0.1) is 17.7 Å². The summed E-state index contributed by atoms with van der Waals surface area (Å²) >= 11 is 2.05. The summed E-state index contributed by atoms with van der Waals surface area (Å²) in [5.74, 6) is 0.621. The maximum Gasteiger partial charge on any atom is 0.303 e. The number of methoxy groups -OCH3 is 1. The Hall–Kier alpha value is -1.90. The third-order valence-electron chi connectivity index (χ3n) is 7.44. The minimum Gasteiger partial charge on any atom is -0.497 e. The number of carboxylic acids is 1. The van der Waals surface area contributed by atoms with Gasteiger partial charge in [0.15, 0.2) is 0 Å². The van der Waals surface area contributed by atoms with Gasteiger partial charge in [0.05, 0.1) is 24.9 Å². The maximum atomic E-state index is 14.7. The Bertz CT molecular complexity index is 987. The normalized spacial score (nSPS) is 22.4. The number of piperidine rings is 1. The molecule has 0 spiro atoms. The zero-order chi connectivity index (χ0) is 24.1. The van der Waals surface area contributed by atoms with Crippen molar-refractivity contribution in [2.24, 2.45) is 11.8 Å². The predicted octanol–water partition coefficient (Wildman–Crippen LogP) is 4.89. The third-order valence-corrected chi connectivity index (χ3v) is 8.80. The number of hydrogen-bond donors (Lipinski definition) is 2. The zero-order valence-electron chi connectivity index (χ0n) is 19.8. The number of likely N-dealkylation sites (tertiary alicyclic amines) is 1. The molecule has 3 atom stereocenters. The first-order valence-corrected chi connectivity index (χ1v) is 13.4. The zero-order valence-corrected chi connectivity index (χ0v) is 20.6. The Morgan fingerprint density at radius 3 is 2.85 bits per heavy atom. The van der Waals surface area contributed by atoms with E-state index in [0.29, 0.717) is 29.5 Å². The fourth-order valence-electron chi connectivity index (χ4n) is 5.23. The summed E-state index contributed by atoms with van der Waals surface area (Å²) in [6, 6.07) is 5.22. The van der Waals surface area contributed by atoms with Gasteiger partial charge in [-0.1, -0.05) is 6.42 Å². The SMILES string of the molecule is COc1ccc2ncc(F)c(C(O)CCC3CCN(CCSC4CCC4)CC3CC(=O)O)c2c1. The van der Waals surface area contributed by atoms with E-state index in [-0.39, 0.29) is 23.8 Å². The van der Waals surface area contributed by atoms with Crippen molar-refractivity contribution in [1.29, 1.82) is 0 Å². The van der Waals surface area contributed by atoms with Crippen molar-refractivity contribution in [2.75, 3.05) is 32.5 Å². The van der Waals surface area contributed by atoms with E-state index in [1.807, 2.05) is 11.8 Å². The van der Waals surface area contributed by atoms with E-state index in [4.69, 9.17) is 4.74 Å². The van der Waals surface area contributed by atoms with Crippen molar-refractivity contribution in [1.82, 2.24) is 9.88 Å². The number of aliphatic carboxylic acids is 1. The highest BCUT2D eigenvalue weighted by atomic mass is 32.2. The van der Waals surface area contributed by atoms with E-state index >= 15 is 0 Å². The average molecular weight is 491 g/mol. The lowest BCUT2D eigenvalue weighted by Crippen LogP contribution is -2.42. The Morgan fingerprint density at radius 2 is 2.15 bits per heavy atom. The number of aromatic nitrogens is 1. The smallest absolute Gasteiger partial charge is 0.303 e. The minimum absolute atomic E-state index is 0.0475. The molecule has 2 N–H and O–H groups in total. The van der Waals surface area contributed by atoms with E-state index < -0.39 is 17.9 Å². The Labute approximate surface area is 204 Å². The molecule has 1 aliphatic carbocycles. The topological polar surface area (TPSA) is 82.9 Å². The van der Waals surface area contributed by atoms with Gasteiger partial charge in [0, 0.05) is 41.5 Å². The van der Waals surface area contributed by atoms with Crippen molar-refractivity contribution in [3.05, 3.63) is 35.8 Å². The van der Waals surface area contributed by atoms with Gasteiger partial charge in [0.1, 0.15) is 11.6 Å². The molecule has 1 saturated heterocycles. The van der Waals surface area contributed by atoms with Gasteiger partial charge in [-0.25, -0.2) is 4.39 Å². The summed E-state index contributed by atoms with van der Waals surface area (Å²) in [5, 5.41) is 21.8. The number of halogens is 1. The van der Waals surface area contributed by atoms with Gasteiger partial charge in [-0.05, 0) is 68.7 Å². The van der Waals surface area contributed by atoms with Gasteiger partial charge in [-0.15, -0.1) is 0 Å². The molecule has 1 aromatic carbocycles. The molecule has 0 radical (unpaired) electrons. The number of rotatable bonds is 11. The van der Waals surface area contributed by atoms with E-state index in [1.165, 1.54) is 19.3 Å². The molecule has 4 rings (SSSR count). The molecular formula is C26H35FN2O4S. The quantitative estimate of drug-likeness (QED) is 0.464. The van der Waals surface area contributed by atoms with E-state index in [0.717, 1.165) is 43.3 Å². The average Bonchev–Trinajstić information content (AvgIpc) is 2.79. The molecule has 2 aliphatic rings. The van der Waals surface area contributed by atoms with Crippen LogP contribution in [0.1, 0.15) is 56.6 Å². The molecule has 2 fully saturated rings. The number of carbonyl (C=O) groups is 1. The summed E-state index contributed by atoms with van der Waals surface area (Å²) in [7, 11) is 1.55. The molecule has 1 saturated carbocycles. The third kappa shape index (κ3) is 6.20. The monoisotopic (exact) mass is 490 g/mol. The molecule has 0 amide bonds. The van der Waals surface area contributed by atoms with Crippen LogP contribution in [0.5, 0.6) is 5.75 Å². The van der Waals surface area contributed by atoms with Crippen molar-refractivity contribution in [3.8, 4) is 5.75 Å². The molecular weight excluding hydrogens is 455 g/mol. The van der Waals surface area contributed by atoms with Crippen molar-refractivity contribution in [2.45, 2.75) is 56.3 Å². The van der Waals surface area contributed by atoms with Gasteiger partial charge in [0.25, 0.3) is 0 Å². The van der Waals surface area contributed by atoms with Crippen LogP contribution in [0.3, 0.4) is 0 Å². The Kier molecular flexibility index (Phi) is 8.66. The van der Waals surface area contributed by atoms with Crippen molar-refractivity contribution >= 4 is 28.6 Å². The first-order chi connectivity index (χ1) is 16.4. The largest absolute Gasteiger partial charge is 0.497 e. The number of aliphatic hydroxyl groups excluding tert-OH is 1. The Balaban J connectivity index is 1.38. The van der Waals surface area contributed by atoms with Gasteiger partial charge < -0.3 is 19.8 Å². The molecule has 2 aromatic rings.